The highest BCUT2D eigenvalue weighted by Crippen LogP contribution is 2.27. The molecular formula is C18H19ClN2O4. The Morgan fingerprint density at radius 1 is 1.00 bits per heavy atom. The van der Waals surface area contributed by atoms with E-state index in [0.29, 0.717) is 28.6 Å². The van der Waals surface area contributed by atoms with Crippen LogP contribution in [0.2, 0.25) is 5.02 Å². The number of carbonyl (C=O) groups excluding carboxylic acids is 2. The normalized spacial score (nSPS) is 10.0. The molecule has 0 aliphatic carbocycles. The molecule has 0 unspecified atom stereocenters. The largest absolute Gasteiger partial charge is 0.493 e. The average Bonchev–Trinajstić information content (AvgIpc) is 2.63. The molecule has 0 fully saturated rings. The maximum Gasteiger partial charge on any atom is 0.251 e. The highest BCUT2D eigenvalue weighted by molar-refractivity contribution is 6.30. The molecule has 0 saturated heterocycles. The van der Waals surface area contributed by atoms with E-state index >= 15 is 0 Å². The Morgan fingerprint density at radius 3 is 2.44 bits per heavy atom. The third kappa shape index (κ3) is 5.39. The van der Waals surface area contributed by atoms with Crippen LogP contribution in [-0.4, -0.2) is 32.6 Å². The van der Waals surface area contributed by atoms with Gasteiger partial charge in [-0.15, -0.1) is 0 Å². The summed E-state index contributed by atoms with van der Waals surface area (Å²) in [5, 5.41) is 5.88. The van der Waals surface area contributed by atoms with Gasteiger partial charge in [-0.2, -0.15) is 0 Å². The van der Waals surface area contributed by atoms with Gasteiger partial charge in [0.1, 0.15) is 0 Å². The first-order valence-electron chi connectivity index (χ1n) is 7.55. The molecule has 0 spiro atoms. The van der Waals surface area contributed by atoms with Crippen molar-refractivity contribution in [2.45, 2.75) is 6.54 Å². The standard InChI is InChI=1S/C18H19ClN2O4/c1-24-15-7-6-13(9-16(15)25-2)18(23)21-11-17(22)20-10-12-4-3-5-14(19)8-12/h3-9H,10-11H2,1-2H3,(H,20,22)(H,21,23). The molecular weight excluding hydrogens is 344 g/mol. The first kappa shape index (κ1) is 18.6. The van der Waals surface area contributed by atoms with Gasteiger partial charge in [-0.3, -0.25) is 9.59 Å². The lowest BCUT2D eigenvalue weighted by atomic mass is 10.2. The van der Waals surface area contributed by atoms with Crippen LogP contribution < -0.4 is 20.1 Å². The molecule has 2 N–H and O–H groups in total. The predicted molar refractivity (Wildman–Crippen MR) is 95.2 cm³/mol. The van der Waals surface area contributed by atoms with E-state index in [0.717, 1.165) is 5.56 Å². The van der Waals surface area contributed by atoms with Crippen molar-refractivity contribution < 1.29 is 19.1 Å². The minimum absolute atomic E-state index is 0.131. The fourth-order valence-corrected chi connectivity index (χ4v) is 2.36. The minimum atomic E-state index is -0.376. The van der Waals surface area contributed by atoms with Crippen LogP contribution in [0.5, 0.6) is 11.5 Å². The Balaban J connectivity index is 1.85. The summed E-state index contributed by atoms with van der Waals surface area (Å²) in [5.74, 6) is 0.298. The highest BCUT2D eigenvalue weighted by atomic mass is 35.5. The zero-order valence-corrected chi connectivity index (χ0v) is 14.7. The van der Waals surface area contributed by atoms with Gasteiger partial charge in [0.05, 0.1) is 20.8 Å². The number of halogens is 1. The zero-order valence-electron chi connectivity index (χ0n) is 14.0. The van der Waals surface area contributed by atoms with Crippen LogP contribution >= 0.6 is 11.6 Å². The monoisotopic (exact) mass is 362 g/mol. The van der Waals surface area contributed by atoms with Gasteiger partial charge in [0.15, 0.2) is 11.5 Å². The van der Waals surface area contributed by atoms with Crippen molar-refractivity contribution >= 4 is 23.4 Å². The summed E-state index contributed by atoms with van der Waals surface area (Å²) in [7, 11) is 3.00. The highest BCUT2D eigenvalue weighted by Gasteiger charge is 2.11. The van der Waals surface area contributed by atoms with E-state index in [2.05, 4.69) is 10.6 Å². The quantitative estimate of drug-likeness (QED) is 0.793. The van der Waals surface area contributed by atoms with Crippen molar-refractivity contribution in [2.24, 2.45) is 0 Å². The molecule has 0 aliphatic rings. The molecule has 2 aromatic carbocycles. The summed E-state index contributed by atoms with van der Waals surface area (Å²) < 4.78 is 10.3. The molecule has 0 radical (unpaired) electrons. The van der Waals surface area contributed by atoms with E-state index < -0.39 is 0 Å². The third-order valence-electron chi connectivity index (χ3n) is 3.43. The second-order valence-electron chi connectivity index (χ2n) is 5.16. The lowest BCUT2D eigenvalue weighted by Crippen LogP contribution is -2.36. The van der Waals surface area contributed by atoms with Gasteiger partial charge < -0.3 is 20.1 Å². The molecule has 6 nitrogen and oxygen atoms in total. The average molecular weight is 363 g/mol. The van der Waals surface area contributed by atoms with Crippen molar-refractivity contribution in [3.63, 3.8) is 0 Å². The summed E-state index contributed by atoms with van der Waals surface area (Å²) in [6.07, 6.45) is 0. The third-order valence-corrected chi connectivity index (χ3v) is 3.67. The van der Waals surface area contributed by atoms with Crippen molar-refractivity contribution in [1.29, 1.82) is 0 Å². The molecule has 2 aromatic rings. The summed E-state index contributed by atoms with van der Waals surface area (Å²) in [4.78, 5) is 24.0. The van der Waals surface area contributed by atoms with E-state index in [9.17, 15) is 9.59 Å². The number of nitrogens with one attached hydrogen (secondary N) is 2. The number of hydrogen-bond donors (Lipinski definition) is 2. The van der Waals surface area contributed by atoms with Crippen LogP contribution in [0.3, 0.4) is 0 Å². The van der Waals surface area contributed by atoms with Crippen molar-refractivity contribution in [2.75, 3.05) is 20.8 Å². The van der Waals surface area contributed by atoms with Gasteiger partial charge in [0.2, 0.25) is 5.91 Å². The molecule has 0 saturated carbocycles. The van der Waals surface area contributed by atoms with E-state index in [4.69, 9.17) is 21.1 Å². The van der Waals surface area contributed by atoms with Crippen molar-refractivity contribution in [3.8, 4) is 11.5 Å². The summed E-state index contributed by atoms with van der Waals surface area (Å²) in [6, 6.07) is 12.0. The number of carbonyl (C=O) groups is 2. The predicted octanol–water partition coefficient (Wildman–Crippen LogP) is 2.40. The topological polar surface area (TPSA) is 76.7 Å². The first-order valence-corrected chi connectivity index (χ1v) is 7.92. The van der Waals surface area contributed by atoms with Crippen LogP contribution in [0.4, 0.5) is 0 Å². The number of rotatable bonds is 7. The molecule has 0 aromatic heterocycles. The molecule has 0 heterocycles. The van der Waals surface area contributed by atoms with E-state index in [1.807, 2.05) is 12.1 Å². The Labute approximate surface area is 151 Å². The van der Waals surface area contributed by atoms with Crippen molar-refractivity contribution in [3.05, 3.63) is 58.6 Å². The molecule has 2 rings (SSSR count). The number of hydrogen-bond acceptors (Lipinski definition) is 4. The zero-order chi connectivity index (χ0) is 18.2. The van der Waals surface area contributed by atoms with Gasteiger partial charge in [0, 0.05) is 17.1 Å². The Kier molecular flexibility index (Phi) is 6.65. The second kappa shape index (κ2) is 8.94. The minimum Gasteiger partial charge on any atom is -0.493 e. The number of benzene rings is 2. The molecule has 132 valence electrons. The molecule has 7 heteroatoms. The van der Waals surface area contributed by atoms with Crippen molar-refractivity contribution in [1.82, 2.24) is 10.6 Å². The lowest BCUT2D eigenvalue weighted by molar-refractivity contribution is -0.120. The summed E-state index contributed by atoms with van der Waals surface area (Å²) >= 11 is 5.89. The van der Waals surface area contributed by atoms with Crippen LogP contribution in [0.15, 0.2) is 42.5 Å². The van der Waals surface area contributed by atoms with E-state index in [1.54, 1.807) is 30.3 Å². The van der Waals surface area contributed by atoms with Gasteiger partial charge in [-0.05, 0) is 35.9 Å². The Bertz CT molecular complexity index is 764. The van der Waals surface area contributed by atoms with E-state index in [1.165, 1.54) is 14.2 Å². The Hall–Kier alpha value is -2.73. The van der Waals surface area contributed by atoms with Gasteiger partial charge in [0.25, 0.3) is 5.91 Å². The van der Waals surface area contributed by atoms with Gasteiger partial charge in [-0.25, -0.2) is 0 Å². The van der Waals surface area contributed by atoms with Gasteiger partial charge in [-0.1, -0.05) is 23.7 Å². The van der Waals surface area contributed by atoms with Crippen LogP contribution in [0.1, 0.15) is 15.9 Å². The fourth-order valence-electron chi connectivity index (χ4n) is 2.15. The van der Waals surface area contributed by atoms with E-state index in [-0.39, 0.29) is 18.4 Å². The molecule has 25 heavy (non-hydrogen) atoms. The maximum atomic E-state index is 12.1. The summed E-state index contributed by atoms with van der Waals surface area (Å²) in [5.41, 5.74) is 1.26. The molecule has 0 bridgehead atoms. The van der Waals surface area contributed by atoms with Crippen LogP contribution in [0.25, 0.3) is 0 Å². The molecule has 0 aliphatic heterocycles. The second-order valence-corrected chi connectivity index (χ2v) is 5.60. The number of methoxy groups -OCH3 is 2. The number of amides is 2. The summed E-state index contributed by atoms with van der Waals surface area (Å²) in [6.45, 7) is 0.208. The fraction of sp³-hybridized carbons (Fsp3) is 0.222. The SMILES string of the molecule is COc1ccc(C(=O)NCC(=O)NCc2cccc(Cl)c2)cc1OC. The van der Waals surface area contributed by atoms with Gasteiger partial charge >= 0.3 is 0 Å². The maximum absolute atomic E-state index is 12.1. The first-order chi connectivity index (χ1) is 12.0. The van der Waals surface area contributed by atoms with Crippen LogP contribution in [-0.2, 0) is 11.3 Å². The molecule has 0 atom stereocenters. The lowest BCUT2D eigenvalue weighted by Gasteiger charge is -2.10. The molecule has 2 amide bonds. The smallest absolute Gasteiger partial charge is 0.251 e. The van der Waals surface area contributed by atoms with Crippen LogP contribution in [0, 0.1) is 0 Å². The number of ether oxygens (including phenoxy) is 2. The Morgan fingerprint density at radius 2 is 1.76 bits per heavy atom.